The van der Waals surface area contributed by atoms with E-state index in [9.17, 15) is 9.59 Å². The number of aryl methyl sites for hydroxylation is 3. The zero-order valence-electron chi connectivity index (χ0n) is 15.9. The molecule has 0 bridgehead atoms. The molecule has 146 valence electrons. The second-order valence-corrected chi connectivity index (χ2v) is 7.00. The number of carbonyl (C=O) groups excluding carboxylic acids is 1. The van der Waals surface area contributed by atoms with Gasteiger partial charge in [0.05, 0.1) is 6.61 Å². The number of nitrogens with one attached hydrogen (secondary N) is 1. The first kappa shape index (κ1) is 19.2. The third kappa shape index (κ3) is 5.45. The number of amides is 1. The summed E-state index contributed by atoms with van der Waals surface area (Å²) in [6.45, 7) is 4.40. The van der Waals surface area contributed by atoms with Crippen LogP contribution >= 0.6 is 0 Å². The second kappa shape index (κ2) is 9.39. The summed E-state index contributed by atoms with van der Waals surface area (Å²) in [5, 5.41) is 7.30. The molecule has 1 N–H and O–H groups in total. The lowest BCUT2D eigenvalue weighted by atomic mass is 10.2. The van der Waals surface area contributed by atoms with Gasteiger partial charge in [-0.05, 0) is 50.3 Å². The summed E-state index contributed by atoms with van der Waals surface area (Å²) >= 11 is 0. The van der Waals surface area contributed by atoms with E-state index in [1.54, 1.807) is 4.57 Å². The van der Waals surface area contributed by atoms with Gasteiger partial charge in [-0.2, -0.15) is 5.10 Å². The van der Waals surface area contributed by atoms with Gasteiger partial charge in [0, 0.05) is 32.5 Å². The SMILES string of the molecule is Cc1cccc(OCCCC(=O)NCCCn2nc3n(c2=O)CCCC3)c1. The molecule has 7 nitrogen and oxygen atoms in total. The van der Waals surface area contributed by atoms with Crippen molar-refractivity contribution in [2.24, 2.45) is 0 Å². The number of nitrogens with zero attached hydrogens (tertiary/aromatic N) is 3. The van der Waals surface area contributed by atoms with Crippen LogP contribution < -0.4 is 15.7 Å². The van der Waals surface area contributed by atoms with Crippen molar-refractivity contribution in [1.29, 1.82) is 0 Å². The van der Waals surface area contributed by atoms with Crippen LogP contribution in [0, 0.1) is 6.92 Å². The Morgan fingerprint density at radius 3 is 3.00 bits per heavy atom. The van der Waals surface area contributed by atoms with Gasteiger partial charge < -0.3 is 10.1 Å². The van der Waals surface area contributed by atoms with Crippen molar-refractivity contribution >= 4 is 5.91 Å². The summed E-state index contributed by atoms with van der Waals surface area (Å²) in [5.41, 5.74) is 1.13. The molecule has 1 aliphatic rings. The van der Waals surface area contributed by atoms with Crippen LogP contribution in [0.1, 0.15) is 43.5 Å². The number of benzene rings is 1. The lowest BCUT2D eigenvalue weighted by Crippen LogP contribution is -2.29. The van der Waals surface area contributed by atoms with Crippen molar-refractivity contribution in [2.75, 3.05) is 13.2 Å². The van der Waals surface area contributed by atoms with E-state index in [-0.39, 0.29) is 11.6 Å². The Morgan fingerprint density at radius 2 is 2.19 bits per heavy atom. The molecule has 7 heteroatoms. The fourth-order valence-electron chi connectivity index (χ4n) is 3.27. The van der Waals surface area contributed by atoms with E-state index in [0.29, 0.717) is 39.0 Å². The number of rotatable bonds is 9. The first-order chi connectivity index (χ1) is 13.1. The predicted molar refractivity (Wildman–Crippen MR) is 103 cm³/mol. The first-order valence-electron chi connectivity index (χ1n) is 9.76. The Hall–Kier alpha value is -2.57. The summed E-state index contributed by atoms with van der Waals surface area (Å²) in [6.07, 6.45) is 4.82. The molecular formula is C20H28N4O3. The molecule has 1 aliphatic heterocycles. The van der Waals surface area contributed by atoms with Crippen LogP contribution in [0.5, 0.6) is 5.75 Å². The zero-order chi connectivity index (χ0) is 19.1. The molecule has 0 radical (unpaired) electrons. The Kier molecular flexibility index (Phi) is 6.68. The minimum absolute atomic E-state index is 0.0133. The molecule has 0 saturated heterocycles. The number of fused-ring (bicyclic) bond motifs is 1. The van der Waals surface area contributed by atoms with E-state index in [0.717, 1.165) is 42.9 Å². The highest BCUT2D eigenvalue weighted by molar-refractivity contribution is 5.75. The Bertz CT molecular complexity index is 825. The van der Waals surface area contributed by atoms with Crippen LogP contribution in [0.25, 0.3) is 0 Å². The molecule has 1 amide bonds. The quantitative estimate of drug-likeness (QED) is 0.684. The molecule has 1 aromatic carbocycles. The molecule has 0 unspecified atom stereocenters. The summed E-state index contributed by atoms with van der Waals surface area (Å²) in [7, 11) is 0. The van der Waals surface area contributed by atoms with Crippen molar-refractivity contribution in [1.82, 2.24) is 19.7 Å². The van der Waals surface area contributed by atoms with Crippen LogP contribution in [0.15, 0.2) is 29.1 Å². The first-order valence-corrected chi connectivity index (χ1v) is 9.76. The molecule has 0 aliphatic carbocycles. The van der Waals surface area contributed by atoms with Gasteiger partial charge in [0.25, 0.3) is 0 Å². The summed E-state index contributed by atoms with van der Waals surface area (Å²) in [6, 6.07) is 7.88. The molecule has 2 aromatic rings. The van der Waals surface area contributed by atoms with E-state index < -0.39 is 0 Å². The topological polar surface area (TPSA) is 78.2 Å². The van der Waals surface area contributed by atoms with Gasteiger partial charge in [-0.15, -0.1) is 0 Å². The summed E-state index contributed by atoms with van der Waals surface area (Å²) < 4.78 is 8.95. The minimum Gasteiger partial charge on any atom is -0.494 e. The number of carbonyl (C=O) groups is 1. The highest BCUT2D eigenvalue weighted by Crippen LogP contribution is 2.12. The fraction of sp³-hybridized carbons (Fsp3) is 0.550. The fourth-order valence-corrected chi connectivity index (χ4v) is 3.27. The molecule has 27 heavy (non-hydrogen) atoms. The summed E-state index contributed by atoms with van der Waals surface area (Å²) in [5.74, 6) is 1.74. The molecule has 0 spiro atoms. The van der Waals surface area contributed by atoms with E-state index in [2.05, 4.69) is 10.4 Å². The average molecular weight is 372 g/mol. The van der Waals surface area contributed by atoms with Crippen molar-refractivity contribution in [3.8, 4) is 5.75 Å². The Labute approximate surface area is 159 Å². The van der Waals surface area contributed by atoms with Gasteiger partial charge in [0.2, 0.25) is 5.91 Å². The number of aromatic nitrogens is 3. The smallest absolute Gasteiger partial charge is 0.345 e. The molecule has 0 saturated carbocycles. The van der Waals surface area contributed by atoms with Gasteiger partial charge in [-0.3, -0.25) is 9.36 Å². The lowest BCUT2D eigenvalue weighted by Gasteiger charge is -2.09. The van der Waals surface area contributed by atoms with Crippen LogP contribution in [0.2, 0.25) is 0 Å². The molecule has 3 rings (SSSR count). The van der Waals surface area contributed by atoms with Crippen LogP contribution in [0.3, 0.4) is 0 Å². The van der Waals surface area contributed by atoms with Gasteiger partial charge in [0.15, 0.2) is 0 Å². The third-order valence-electron chi connectivity index (χ3n) is 4.71. The van der Waals surface area contributed by atoms with Crippen molar-refractivity contribution < 1.29 is 9.53 Å². The highest BCUT2D eigenvalue weighted by atomic mass is 16.5. The van der Waals surface area contributed by atoms with Crippen molar-refractivity contribution in [3.63, 3.8) is 0 Å². The van der Waals surface area contributed by atoms with E-state index >= 15 is 0 Å². The standard InChI is InChI=1S/C20H28N4O3/c1-16-7-4-8-17(15-16)27-14-5-10-19(25)21-11-6-13-24-20(26)23-12-3-2-9-18(23)22-24/h4,7-8,15H,2-3,5-6,9-14H2,1H3,(H,21,25). The third-order valence-corrected chi connectivity index (χ3v) is 4.71. The Balaban J connectivity index is 1.30. The van der Waals surface area contributed by atoms with Gasteiger partial charge in [-0.1, -0.05) is 12.1 Å². The maximum absolute atomic E-state index is 12.2. The van der Waals surface area contributed by atoms with Gasteiger partial charge >= 0.3 is 5.69 Å². The monoisotopic (exact) mass is 372 g/mol. The normalized spacial score (nSPS) is 13.2. The average Bonchev–Trinajstić information content (AvgIpc) is 2.99. The molecule has 2 heterocycles. The van der Waals surface area contributed by atoms with Gasteiger partial charge in [0.1, 0.15) is 11.6 Å². The van der Waals surface area contributed by atoms with Gasteiger partial charge in [-0.25, -0.2) is 9.48 Å². The molecule has 1 aromatic heterocycles. The molecule has 0 fully saturated rings. The highest BCUT2D eigenvalue weighted by Gasteiger charge is 2.16. The van der Waals surface area contributed by atoms with Crippen LogP contribution in [0.4, 0.5) is 0 Å². The maximum atomic E-state index is 12.2. The van der Waals surface area contributed by atoms with Crippen molar-refractivity contribution in [2.45, 2.75) is 58.5 Å². The Morgan fingerprint density at radius 1 is 1.30 bits per heavy atom. The minimum atomic E-state index is -0.0238. The maximum Gasteiger partial charge on any atom is 0.345 e. The summed E-state index contributed by atoms with van der Waals surface area (Å²) in [4.78, 5) is 24.1. The lowest BCUT2D eigenvalue weighted by molar-refractivity contribution is -0.121. The second-order valence-electron chi connectivity index (χ2n) is 7.00. The van der Waals surface area contributed by atoms with E-state index in [1.165, 1.54) is 4.68 Å². The van der Waals surface area contributed by atoms with Crippen LogP contribution in [-0.2, 0) is 24.3 Å². The van der Waals surface area contributed by atoms with E-state index in [1.807, 2.05) is 31.2 Å². The number of ether oxygens (including phenoxy) is 1. The largest absolute Gasteiger partial charge is 0.494 e. The predicted octanol–water partition coefficient (Wildman–Crippen LogP) is 2.06. The number of hydrogen-bond acceptors (Lipinski definition) is 4. The number of hydrogen-bond donors (Lipinski definition) is 1. The molecule has 0 atom stereocenters. The zero-order valence-corrected chi connectivity index (χ0v) is 15.9. The van der Waals surface area contributed by atoms with Crippen LogP contribution in [-0.4, -0.2) is 33.4 Å². The van der Waals surface area contributed by atoms with Crippen molar-refractivity contribution in [3.05, 3.63) is 46.1 Å². The van der Waals surface area contributed by atoms with E-state index in [4.69, 9.17) is 4.74 Å². The molecular weight excluding hydrogens is 344 g/mol.